The van der Waals surface area contributed by atoms with Crippen LogP contribution in [-0.4, -0.2) is 10.9 Å². The van der Waals surface area contributed by atoms with E-state index in [2.05, 4.69) is 10.3 Å². The molecule has 0 fully saturated rings. The molecular formula is C19H16Cl2N2O2. The predicted molar refractivity (Wildman–Crippen MR) is 98.6 cm³/mol. The van der Waals surface area contributed by atoms with Gasteiger partial charge in [0, 0.05) is 34.8 Å². The first-order chi connectivity index (χ1) is 12.1. The van der Waals surface area contributed by atoms with E-state index in [1.54, 1.807) is 36.7 Å². The van der Waals surface area contributed by atoms with Gasteiger partial charge in [-0.3, -0.25) is 9.78 Å². The highest BCUT2D eigenvalue weighted by atomic mass is 35.5. The number of carbonyl (C=O) groups is 1. The van der Waals surface area contributed by atoms with Gasteiger partial charge in [-0.05, 0) is 42.3 Å². The molecule has 0 aliphatic heterocycles. The topological polar surface area (TPSA) is 55.1 Å². The summed E-state index contributed by atoms with van der Waals surface area (Å²) in [5, 5.41) is 4.06. The van der Waals surface area contributed by atoms with Crippen LogP contribution >= 0.6 is 23.2 Å². The largest absolute Gasteiger partial charge is 0.463 e. The third kappa shape index (κ3) is 4.41. The number of nitrogens with one attached hydrogen (secondary N) is 1. The Labute approximate surface area is 155 Å². The zero-order valence-corrected chi connectivity index (χ0v) is 14.8. The number of rotatable bonds is 6. The molecule has 1 amide bonds. The molecule has 0 spiro atoms. The summed E-state index contributed by atoms with van der Waals surface area (Å²) in [6.07, 6.45) is 4.09. The molecule has 2 heterocycles. The lowest BCUT2D eigenvalue weighted by atomic mass is 10.1. The molecule has 0 radical (unpaired) electrons. The number of halogens is 2. The number of pyridine rings is 1. The van der Waals surface area contributed by atoms with E-state index in [9.17, 15) is 4.79 Å². The van der Waals surface area contributed by atoms with Crippen LogP contribution in [0.2, 0.25) is 10.0 Å². The number of hydrogen-bond donors (Lipinski definition) is 1. The quantitative estimate of drug-likeness (QED) is 0.667. The lowest BCUT2D eigenvalue weighted by Crippen LogP contribution is -2.23. The van der Waals surface area contributed by atoms with E-state index in [0.717, 1.165) is 16.8 Å². The molecule has 0 bridgehead atoms. The zero-order chi connectivity index (χ0) is 17.6. The van der Waals surface area contributed by atoms with Gasteiger partial charge in [0.1, 0.15) is 5.69 Å². The maximum atomic E-state index is 12.2. The second-order valence-electron chi connectivity index (χ2n) is 5.47. The van der Waals surface area contributed by atoms with Crippen molar-refractivity contribution in [1.29, 1.82) is 0 Å². The van der Waals surface area contributed by atoms with Gasteiger partial charge in [-0.1, -0.05) is 35.3 Å². The maximum Gasteiger partial charge on any atom is 0.220 e. The molecule has 3 rings (SSSR count). The minimum Gasteiger partial charge on any atom is -0.463 e. The first-order valence-electron chi connectivity index (χ1n) is 7.82. The Bertz CT molecular complexity index is 843. The van der Waals surface area contributed by atoms with Crippen LogP contribution in [-0.2, 0) is 17.8 Å². The Kier molecular flexibility index (Phi) is 5.74. The molecule has 6 heteroatoms. The number of furan rings is 1. The predicted octanol–water partition coefficient (Wildman–Crippen LogP) is 4.90. The summed E-state index contributed by atoms with van der Waals surface area (Å²) in [6.45, 7) is 0.374. The number of aromatic nitrogens is 1. The van der Waals surface area contributed by atoms with Gasteiger partial charge >= 0.3 is 0 Å². The van der Waals surface area contributed by atoms with Crippen molar-refractivity contribution in [2.75, 3.05) is 0 Å². The van der Waals surface area contributed by atoms with Gasteiger partial charge in [-0.15, -0.1) is 0 Å². The average molecular weight is 375 g/mol. The number of hydrogen-bond acceptors (Lipinski definition) is 3. The van der Waals surface area contributed by atoms with Crippen molar-refractivity contribution >= 4 is 29.1 Å². The molecule has 0 unspecified atom stereocenters. The van der Waals surface area contributed by atoms with E-state index >= 15 is 0 Å². The number of carbonyl (C=O) groups excluding carboxylic acids is 1. The summed E-state index contributed by atoms with van der Waals surface area (Å²) in [4.78, 5) is 16.5. The van der Waals surface area contributed by atoms with Crippen LogP contribution in [0.3, 0.4) is 0 Å². The molecule has 0 saturated carbocycles. The van der Waals surface area contributed by atoms with Crippen LogP contribution in [0, 0.1) is 0 Å². The first-order valence-corrected chi connectivity index (χ1v) is 8.58. The van der Waals surface area contributed by atoms with E-state index < -0.39 is 0 Å². The molecular weight excluding hydrogens is 359 g/mol. The molecule has 0 aliphatic carbocycles. The van der Waals surface area contributed by atoms with Gasteiger partial charge in [0.25, 0.3) is 0 Å². The van der Waals surface area contributed by atoms with Gasteiger partial charge < -0.3 is 9.73 Å². The highest BCUT2D eigenvalue weighted by Gasteiger charge is 2.11. The highest BCUT2D eigenvalue weighted by molar-refractivity contribution is 6.36. The van der Waals surface area contributed by atoms with Crippen LogP contribution in [0.25, 0.3) is 11.5 Å². The Morgan fingerprint density at radius 3 is 2.60 bits per heavy atom. The van der Waals surface area contributed by atoms with Gasteiger partial charge in [0.2, 0.25) is 5.91 Å². The number of amides is 1. The van der Waals surface area contributed by atoms with E-state index in [1.807, 2.05) is 18.2 Å². The van der Waals surface area contributed by atoms with E-state index in [-0.39, 0.29) is 5.91 Å². The first kappa shape index (κ1) is 17.5. The molecule has 3 aromatic rings. The third-order valence-electron chi connectivity index (χ3n) is 3.79. The van der Waals surface area contributed by atoms with Crippen LogP contribution in [0.1, 0.15) is 17.5 Å². The van der Waals surface area contributed by atoms with Gasteiger partial charge in [0.15, 0.2) is 5.76 Å². The van der Waals surface area contributed by atoms with Crippen molar-refractivity contribution in [3.8, 4) is 11.5 Å². The molecule has 4 nitrogen and oxygen atoms in total. The summed E-state index contributed by atoms with van der Waals surface area (Å²) in [6, 6.07) is 12.7. The summed E-state index contributed by atoms with van der Waals surface area (Å²) >= 11 is 12.3. The van der Waals surface area contributed by atoms with Crippen LogP contribution in [0.5, 0.6) is 0 Å². The number of benzene rings is 1. The van der Waals surface area contributed by atoms with Crippen molar-refractivity contribution in [2.24, 2.45) is 0 Å². The normalized spacial score (nSPS) is 10.6. The zero-order valence-electron chi connectivity index (χ0n) is 13.3. The minimum atomic E-state index is -0.0785. The Balaban J connectivity index is 1.60. The molecule has 2 aromatic heterocycles. The van der Waals surface area contributed by atoms with E-state index in [1.165, 1.54) is 0 Å². The molecule has 1 N–H and O–H groups in total. The van der Waals surface area contributed by atoms with Crippen molar-refractivity contribution in [1.82, 2.24) is 10.3 Å². The molecule has 1 aromatic carbocycles. The lowest BCUT2D eigenvalue weighted by Gasteiger charge is -2.09. The molecule has 0 aliphatic rings. The fourth-order valence-corrected chi connectivity index (χ4v) is 3.09. The molecule has 0 saturated heterocycles. The lowest BCUT2D eigenvalue weighted by molar-refractivity contribution is -0.121. The monoisotopic (exact) mass is 374 g/mol. The second-order valence-corrected chi connectivity index (χ2v) is 6.28. The summed E-state index contributed by atoms with van der Waals surface area (Å²) in [5.74, 6) is 0.595. The Hall–Kier alpha value is -2.30. The summed E-state index contributed by atoms with van der Waals surface area (Å²) in [7, 11) is 0. The van der Waals surface area contributed by atoms with Crippen LogP contribution in [0.4, 0.5) is 0 Å². The summed E-state index contributed by atoms with van der Waals surface area (Å²) in [5.41, 5.74) is 2.40. The molecule has 25 heavy (non-hydrogen) atoms. The van der Waals surface area contributed by atoms with Gasteiger partial charge in [0.05, 0.1) is 6.26 Å². The molecule has 128 valence electrons. The van der Waals surface area contributed by atoms with Crippen molar-refractivity contribution < 1.29 is 9.21 Å². The minimum absolute atomic E-state index is 0.0785. The highest BCUT2D eigenvalue weighted by Crippen LogP contribution is 2.25. The van der Waals surface area contributed by atoms with Crippen molar-refractivity contribution in [2.45, 2.75) is 19.4 Å². The average Bonchev–Trinajstić information content (AvgIpc) is 3.14. The molecule has 0 atom stereocenters. The third-order valence-corrected chi connectivity index (χ3v) is 4.49. The summed E-state index contributed by atoms with van der Waals surface area (Å²) < 4.78 is 5.39. The van der Waals surface area contributed by atoms with Crippen molar-refractivity contribution in [3.05, 3.63) is 76.1 Å². The van der Waals surface area contributed by atoms with E-state index in [0.29, 0.717) is 35.2 Å². The number of nitrogens with zero attached hydrogens (tertiary/aromatic N) is 1. The van der Waals surface area contributed by atoms with E-state index in [4.69, 9.17) is 27.6 Å². The smallest absolute Gasteiger partial charge is 0.220 e. The van der Waals surface area contributed by atoms with Gasteiger partial charge in [-0.2, -0.15) is 0 Å². The van der Waals surface area contributed by atoms with Crippen LogP contribution < -0.4 is 5.32 Å². The van der Waals surface area contributed by atoms with Crippen LogP contribution in [0.15, 0.2) is 59.3 Å². The fourth-order valence-electron chi connectivity index (χ4n) is 2.51. The van der Waals surface area contributed by atoms with Crippen molar-refractivity contribution in [3.63, 3.8) is 0 Å². The Morgan fingerprint density at radius 1 is 1.08 bits per heavy atom. The standard InChI is InChI=1S/C19H16Cl2N2O2/c20-15-5-1-6-16(21)14(15)8-9-18(24)23-12-13-4-2-10-22-19(13)17-7-3-11-25-17/h1-7,10-11H,8-9,12H2,(H,23,24). The SMILES string of the molecule is O=C(CCc1c(Cl)cccc1Cl)NCc1cccnc1-c1ccco1. The fraction of sp³-hybridized carbons (Fsp3) is 0.158. The Morgan fingerprint density at radius 2 is 1.88 bits per heavy atom. The van der Waals surface area contributed by atoms with Gasteiger partial charge in [-0.25, -0.2) is 0 Å². The second kappa shape index (κ2) is 8.19. The maximum absolute atomic E-state index is 12.2.